The number of carbonyl (C=O) groups excluding carboxylic acids is 1. The molecule has 2 N–H and O–H groups in total. The molecule has 8 heteroatoms. The van der Waals surface area contributed by atoms with Gasteiger partial charge in [0.15, 0.2) is 0 Å². The third-order valence-electron chi connectivity index (χ3n) is 7.97. The number of amides is 1. The number of hydrogen-bond acceptors (Lipinski definition) is 4. The summed E-state index contributed by atoms with van der Waals surface area (Å²) < 4.78 is 14.7. The summed E-state index contributed by atoms with van der Waals surface area (Å²) in [6.45, 7) is 5.30. The molecule has 1 amide bonds. The highest BCUT2D eigenvalue weighted by Gasteiger charge is 2.60. The number of nitrogens with one attached hydrogen (secondary N) is 2. The highest BCUT2D eigenvalue weighted by molar-refractivity contribution is 6.31. The van der Waals surface area contributed by atoms with Crippen LogP contribution in [0.1, 0.15) is 40.6 Å². The van der Waals surface area contributed by atoms with Gasteiger partial charge in [-0.05, 0) is 65.6 Å². The van der Waals surface area contributed by atoms with Gasteiger partial charge in [0.05, 0.1) is 6.04 Å². The fraction of sp³-hybridized carbons (Fsp3) is 0.310. The molecule has 3 aromatic carbocycles. The van der Waals surface area contributed by atoms with E-state index in [-0.39, 0.29) is 17.6 Å². The summed E-state index contributed by atoms with van der Waals surface area (Å²) in [7, 11) is 0. The molecule has 5 nitrogen and oxygen atoms in total. The second-order valence-electron chi connectivity index (χ2n) is 10.0. The summed E-state index contributed by atoms with van der Waals surface area (Å²) in [5, 5.41) is 7.64. The number of piperazine rings is 1. The first kappa shape index (κ1) is 24.4. The van der Waals surface area contributed by atoms with E-state index in [2.05, 4.69) is 15.5 Å². The number of rotatable bonds is 2. The number of anilines is 1. The van der Waals surface area contributed by atoms with Gasteiger partial charge in [0.25, 0.3) is 0 Å². The van der Waals surface area contributed by atoms with Crippen molar-refractivity contribution < 1.29 is 9.18 Å². The third kappa shape index (κ3) is 4.02. The summed E-state index contributed by atoms with van der Waals surface area (Å²) in [6.07, 6.45) is 0.556. The first-order chi connectivity index (χ1) is 17.9. The average molecular weight is 537 g/mol. The van der Waals surface area contributed by atoms with E-state index in [9.17, 15) is 9.18 Å². The molecule has 3 aromatic rings. The number of aliphatic imine (C=N–C) groups is 1. The molecule has 190 valence electrons. The van der Waals surface area contributed by atoms with Crippen LogP contribution in [0.25, 0.3) is 0 Å². The van der Waals surface area contributed by atoms with Crippen LogP contribution in [0.5, 0.6) is 0 Å². The second kappa shape index (κ2) is 9.43. The topological polar surface area (TPSA) is 56.7 Å². The number of carbonyl (C=O) groups is 1. The molecule has 1 saturated heterocycles. The summed E-state index contributed by atoms with van der Waals surface area (Å²) >= 11 is 12.8. The quantitative estimate of drug-likeness (QED) is 0.431. The maximum atomic E-state index is 14.7. The number of amidine groups is 1. The Balaban J connectivity index is 1.66. The summed E-state index contributed by atoms with van der Waals surface area (Å²) in [5.74, 6) is 0.130. The number of aryl methyl sites for hydroxylation is 1. The van der Waals surface area contributed by atoms with Gasteiger partial charge in [-0.25, -0.2) is 4.39 Å². The van der Waals surface area contributed by atoms with E-state index in [1.54, 1.807) is 12.1 Å². The van der Waals surface area contributed by atoms with Gasteiger partial charge in [0, 0.05) is 54.3 Å². The van der Waals surface area contributed by atoms with E-state index in [1.807, 2.05) is 43.3 Å². The molecule has 3 heterocycles. The largest absolute Gasteiger partial charge is 0.358 e. The molecule has 0 unspecified atom stereocenters. The zero-order chi connectivity index (χ0) is 25.7. The van der Waals surface area contributed by atoms with Gasteiger partial charge in [0.1, 0.15) is 17.1 Å². The minimum absolute atomic E-state index is 0.161. The molecule has 3 aliphatic rings. The SMILES string of the molecule is Cc1ccc(F)cc1[C@H]1N=C(N2CCNCC2)C[C@@H](c2cccc(Cl)c2)[C@]12C(=O)Nc1cc(Cl)ccc12. The van der Waals surface area contributed by atoms with Crippen LogP contribution in [0.2, 0.25) is 10.0 Å². The van der Waals surface area contributed by atoms with Crippen molar-refractivity contribution in [3.63, 3.8) is 0 Å². The zero-order valence-electron chi connectivity index (χ0n) is 20.4. The van der Waals surface area contributed by atoms with Crippen LogP contribution in [-0.4, -0.2) is 42.8 Å². The van der Waals surface area contributed by atoms with Crippen molar-refractivity contribution in [2.24, 2.45) is 4.99 Å². The van der Waals surface area contributed by atoms with Gasteiger partial charge in [0.2, 0.25) is 5.91 Å². The molecule has 6 rings (SSSR count). The van der Waals surface area contributed by atoms with Crippen LogP contribution in [0.3, 0.4) is 0 Å². The van der Waals surface area contributed by atoms with E-state index in [0.29, 0.717) is 27.7 Å². The van der Waals surface area contributed by atoms with Gasteiger partial charge in [-0.3, -0.25) is 9.79 Å². The van der Waals surface area contributed by atoms with Gasteiger partial charge in [-0.2, -0.15) is 0 Å². The standard InChI is InChI=1S/C29H27Cl2FN4O/c1-17-5-7-21(32)15-22(17)27-29(23-8-6-20(31)14-25(23)34-28(29)37)24(18-3-2-4-19(30)13-18)16-26(35-27)36-11-9-33-10-12-36/h2-8,13-15,24,27,33H,9-12,16H2,1H3,(H,34,37)/t24-,27+,29-/m0/s1. The van der Waals surface area contributed by atoms with Crippen molar-refractivity contribution in [3.05, 3.63) is 98.8 Å². The van der Waals surface area contributed by atoms with E-state index in [1.165, 1.54) is 12.1 Å². The van der Waals surface area contributed by atoms with Crippen molar-refractivity contribution in [2.45, 2.75) is 30.7 Å². The average Bonchev–Trinajstić information content (AvgIpc) is 3.17. The molecular formula is C29H27Cl2FN4O. The van der Waals surface area contributed by atoms with E-state index in [4.69, 9.17) is 28.2 Å². The molecule has 3 atom stereocenters. The fourth-order valence-corrected chi connectivity index (χ4v) is 6.61. The molecule has 0 saturated carbocycles. The first-order valence-electron chi connectivity index (χ1n) is 12.5. The molecular weight excluding hydrogens is 510 g/mol. The Bertz CT molecular complexity index is 1420. The van der Waals surface area contributed by atoms with E-state index >= 15 is 0 Å². The predicted molar refractivity (Wildman–Crippen MR) is 146 cm³/mol. The Hall–Kier alpha value is -2.93. The maximum Gasteiger partial charge on any atom is 0.238 e. The number of hydrogen-bond donors (Lipinski definition) is 2. The van der Waals surface area contributed by atoms with E-state index < -0.39 is 11.5 Å². The lowest BCUT2D eigenvalue weighted by Gasteiger charge is -2.47. The molecule has 37 heavy (non-hydrogen) atoms. The fourth-order valence-electron chi connectivity index (χ4n) is 6.24. The Morgan fingerprint density at radius 1 is 1.03 bits per heavy atom. The van der Waals surface area contributed by atoms with Crippen LogP contribution in [-0.2, 0) is 10.2 Å². The van der Waals surface area contributed by atoms with Crippen LogP contribution in [0.4, 0.5) is 10.1 Å². The number of fused-ring (bicyclic) bond motifs is 2. The normalized spacial score (nSPS) is 25.1. The Morgan fingerprint density at radius 3 is 2.59 bits per heavy atom. The van der Waals surface area contributed by atoms with Gasteiger partial charge in [-0.1, -0.05) is 47.5 Å². The zero-order valence-corrected chi connectivity index (χ0v) is 21.9. The second-order valence-corrected chi connectivity index (χ2v) is 10.9. The third-order valence-corrected chi connectivity index (χ3v) is 8.44. The van der Waals surface area contributed by atoms with E-state index in [0.717, 1.165) is 48.7 Å². The van der Waals surface area contributed by atoms with Crippen molar-refractivity contribution in [1.82, 2.24) is 10.2 Å². The lowest BCUT2D eigenvalue weighted by molar-refractivity contribution is -0.122. The van der Waals surface area contributed by atoms with Crippen molar-refractivity contribution >= 4 is 40.6 Å². The molecule has 3 aliphatic heterocycles. The van der Waals surface area contributed by atoms with Crippen molar-refractivity contribution in [3.8, 4) is 0 Å². The molecule has 1 fully saturated rings. The minimum Gasteiger partial charge on any atom is -0.358 e. The molecule has 0 radical (unpaired) electrons. The van der Waals surface area contributed by atoms with Crippen molar-refractivity contribution in [1.29, 1.82) is 0 Å². The maximum absolute atomic E-state index is 14.7. The number of nitrogens with zero attached hydrogens (tertiary/aromatic N) is 2. The highest BCUT2D eigenvalue weighted by Crippen LogP contribution is 2.59. The van der Waals surface area contributed by atoms with Crippen molar-refractivity contribution in [2.75, 3.05) is 31.5 Å². The highest BCUT2D eigenvalue weighted by atomic mass is 35.5. The van der Waals surface area contributed by atoms with Gasteiger partial charge < -0.3 is 15.5 Å². The minimum atomic E-state index is -1.11. The van der Waals surface area contributed by atoms with Crippen LogP contribution >= 0.6 is 23.2 Å². The summed E-state index contributed by atoms with van der Waals surface area (Å²) in [5.41, 5.74) is 2.93. The lowest BCUT2D eigenvalue weighted by Crippen LogP contribution is -2.53. The lowest BCUT2D eigenvalue weighted by atomic mass is 9.59. The molecule has 0 aliphatic carbocycles. The molecule has 1 spiro atoms. The Labute approximate surface area is 225 Å². The number of benzene rings is 3. The Kier molecular flexibility index (Phi) is 6.22. The summed E-state index contributed by atoms with van der Waals surface area (Å²) in [6, 6.07) is 17.3. The smallest absolute Gasteiger partial charge is 0.238 e. The molecule has 0 bridgehead atoms. The van der Waals surface area contributed by atoms with Crippen LogP contribution in [0.15, 0.2) is 65.7 Å². The predicted octanol–water partition coefficient (Wildman–Crippen LogP) is 5.86. The van der Waals surface area contributed by atoms with Gasteiger partial charge >= 0.3 is 0 Å². The molecule has 0 aromatic heterocycles. The Morgan fingerprint density at radius 2 is 1.81 bits per heavy atom. The first-order valence-corrected chi connectivity index (χ1v) is 13.3. The van der Waals surface area contributed by atoms with Gasteiger partial charge in [-0.15, -0.1) is 0 Å². The van der Waals surface area contributed by atoms with Crippen LogP contribution < -0.4 is 10.6 Å². The monoisotopic (exact) mass is 536 g/mol. The van der Waals surface area contributed by atoms with Crippen LogP contribution in [0, 0.1) is 12.7 Å². The number of halogens is 3. The summed E-state index contributed by atoms with van der Waals surface area (Å²) in [4.78, 5) is 21.9.